The van der Waals surface area contributed by atoms with Crippen LogP contribution in [-0.4, -0.2) is 34.5 Å². The summed E-state index contributed by atoms with van der Waals surface area (Å²) in [4.78, 5) is 34.5. The highest BCUT2D eigenvalue weighted by Gasteiger charge is 2.25. The van der Waals surface area contributed by atoms with Gasteiger partial charge in [-0.2, -0.15) is 0 Å². The van der Waals surface area contributed by atoms with E-state index in [9.17, 15) is 18.4 Å². The minimum atomic E-state index is -2.93. The van der Waals surface area contributed by atoms with Crippen molar-refractivity contribution in [3.8, 4) is 0 Å². The van der Waals surface area contributed by atoms with E-state index in [1.54, 1.807) is 18.2 Å². The van der Waals surface area contributed by atoms with Crippen molar-refractivity contribution >= 4 is 23.4 Å². The number of amidine groups is 1. The lowest BCUT2D eigenvalue weighted by molar-refractivity contribution is -0.108. The fourth-order valence-electron chi connectivity index (χ4n) is 5.07. The number of allylic oxidation sites excluding steroid dienone is 7. The molecule has 2 aromatic rings. The molecule has 3 rings (SSSR count). The minimum Gasteiger partial charge on any atom is -0.492 e. The molecule has 0 unspecified atom stereocenters. The monoisotopic (exact) mass is 634 g/mol. The highest BCUT2D eigenvalue weighted by molar-refractivity contribution is 6.14. The van der Waals surface area contributed by atoms with Gasteiger partial charge in [-0.3, -0.25) is 14.2 Å². The van der Waals surface area contributed by atoms with Crippen LogP contribution in [0.4, 0.5) is 8.78 Å². The van der Waals surface area contributed by atoms with Gasteiger partial charge in [0, 0.05) is 18.4 Å². The largest absolute Gasteiger partial charge is 0.492 e. The SMILES string of the molecule is C\C=C(C(=C\C)/C(=N/OC)NC=O)\c1ccc(Cn2c(CCC)nc(C(F)F)c(C3=CC=C(OC(C)(C)CC)CC=C3)c2=O)cc1. The van der Waals surface area contributed by atoms with Gasteiger partial charge in [0.25, 0.3) is 12.0 Å². The number of alkyl halides is 2. The Balaban J connectivity index is 2.08. The lowest BCUT2D eigenvalue weighted by atomic mass is 9.95. The van der Waals surface area contributed by atoms with E-state index in [2.05, 4.69) is 15.5 Å². The van der Waals surface area contributed by atoms with Gasteiger partial charge in [0.05, 0.1) is 12.1 Å². The predicted octanol–water partition coefficient (Wildman–Crippen LogP) is 7.67. The molecule has 1 N–H and O–H groups in total. The lowest BCUT2D eigenvalue weighted by Crippen LogP contribution is -2.30. The quantitative estimate of drug-likeness (QED) is 0.0757. The van der Waals surface area contributed by atoms with Crippen LogP contribution < -0.4 is 10.9 Å². The molecule has 0 aliphatic heterocycles. The number of amides is 1. The van der Waals surface area contributed by atoms with Crippen LogP contribution in [0.3, 0.4) is 0 Å². The van der Waals surface area contributed by atoms with Crippen molar-refractivity contribution in [1.82, 2.24) is 14.9 Å². The number of carbonyl (C=O) groups excluding carboxylic acids is 1. The van der Waals surface area contributed by atoms with Crippen LogP contribution in [0.2, 0.25) is 0 Å². The van der Waals surface area contributed by atoms with Crippen LogP contribution in [0.15, 0.2) is 82.0 Å². The number of ether oxygens (including phenoxy) is 1. The number of rotatable bonds is 14. The van der Waals surface area contributed by atoms with Gasteiger partial charge in [-0.25, -0.2) is 13.8 Å². The molecule has 246 valence electrons. The maximum absolute atomic E-state index is 14.4. The van der Waals surface area contributed by atoms with E-state index in [1.165, 1.54) is 11.7 Å². The van der Waals surface area contributed by atoms with Crippen LogP contribution >= 0.6 is 0 Å². The highest BCUT2D eigenvalue weighted by Crippen LogP contribution is 2.30. The Bertz CT molecular complexity index is 1630. The van der Waals surface area contributed by atoms with E-state index in [4.69, 9.17) is 9.57 Å². The summed E-state index contributed by atoms with van der Waals surface area (Å²) in [5.74, 6) is 1.26. The van der Waals surface area contributed by atoms with E-state index in [0.29, 0.717) is 48.4 Å². The third-order valence-corrected chi connectivity index (χ3v) is 7.68. The maximum Gasteiger partial charge on any atom is 0.281 e. The molecule has 8 nitrogen and oxygen atoms in total. The fraction of sp³-hybridized carbons (Fsp3) is 0.389. The average molecular weight is 635 g/mol. The molecular formula is C36H44F2N4O4. The van der Waals surface area contributed by atoms with Crippen LogP contribution in [0.25, 0.3) is 11.1 Å². The van der Waals surface area contributed by atoms with E-state index < -0.39 is 17.7 Å². The summed E-state index contributed by atoms with van der Waals surface area (Å²) in [6.07, 6.45) is 10.5. The Labute approximate surface area is 269 Å². The third-order valence-electron chi connectivity index (χ3n) is 7.68. The molecular weight excluding hydrogens is 590 g/mol. The minimum absolute atomic E-state index is 0.114. The van der Waals surface area contributed by atoms with Gasteiger partial charge in [-0.1, -0.05) is 73.6 Å². The third kappa shape index (κ3) is 8.77. The molecule has 1 aromatic heterocycles. The molecule has 1 heterocycles. The molecule has 0 atom stereocenters. The standard InChI is InChI=1S/C36H44F2N4O4/c1-8-13-30-40-32(33(37)38)31(26-14-12-15-27(21-20-26)46-36(5,6)11-4)35(44)42(30)22-24-16-18-25(19-17-24)28(9-2)29(10-3)34(39-23-43)41-45-7/h9-10,12,14,16-21,23,33H,8,11,13,15,22H2,1-7H3,(H,39,41,43)/b28-9-,29-10+. The summed E-state index contributed by atoms with van der Waals surface area (Å²) < 4.78 is 36.5. The van der Waals surface area contributed by atoms with Gasteiger partial charge >= 0.3 is 0 Å². The normalized spacial score (nSPS) is 14.5. The summed E-state index contributed by atoms with van der Waals surface area (Å²) in [6.45, 7) is 11.8. The number of halogens is 2. The topological polar surface area (TPSA) is 94.8 Å². The number of nitrogens with zero attached hydrogens (tertiary/aromatic N) is 3. The predicted molar refractivity (Wildman–Crippen MR) is 179 cm³/mol. The molecule has 0 saturated heterocycles. The summed E-state index contributed by atoms with van der Waals surface area (Å²) in [5, 5.41) is 6.50. The molecule has 0 saturated carbocycles. The number of benzene rings is 1. The Morgan fingerprint density at radius 2 is 1.87 bits per heavy atom. The van der Waals surface area contributed by atoms with Gasteiger partial charge in [-0.05, 0) is 68.9 Å². The van der Waals surface area contributed by atoms with Gasteiger partial charge in [0.15, 0.2) is 5.84 Å². The number of aryl methyl sites for hydroxylation is 1. The first-order valence-electron chi connectivity index (χ1n) is 15.5. The van der Waals surface area contributed by atoms with Crippen molar-refractivity contribution in [2.45, 2.75) is 85.8 Å². The highest BCUT2D eigenvalue weighted by atomic mass is 19.3. The second-order valence-corrected chi connectivity index (χ2v) is 11.3. The zero-order chi connectivity index (χ0) is 33.9. The van der Waals surface area contributed by atoms with Crippen molar-refractivity contribution in [3.05, 3.63) is 111 Å². The van der Waals surface area contributed by atoms with Crippen molar-refractivity contribution in [2.24, 2.45) is 5.16 Å². The zero-order valence-electron chi connectivity index (χ0n) is 27.7. The summed E-state index contributed by atoms with van der Waals surface area (Å²) in [7, 11) is 1.39. The maximum atomic E-state index is 14.4. The number of oxime groups is 1. The van der Waals surface area contributed by atoms with Crippen molar-refractivity contribution in [1.29, 1.82) is 0 Å². The van der Waals surface area contributed by atoms with E-state index in [1.807, 2.05) is 84.0 Å². The Kier molecular flexibility index (Phi) is 13.0. The number of hydrogen-bond acceptors (Lipinski definition) is 6. The average Bonchev–Trinajstić information content (AvgIpc) is 3.26. The van der Waals surface area contributed by atoms with Crippen LogP contribution in [-0.2, 0) is 27.3 Å². The summed E-state index contributed by atoms with van der Waals surface area (Å²) in [6, 6.07) is 7.54. The molecule has 0 fully saturated rings. The van der Waals surface area contributed by atoms with E-state index >= 15 is 0 Å². The molecule has 0 radical (unpaired) electrons. The first-order valence-corrected chi connectivity index (χ1v) is 15.5. The van der Waals surface area contributed by atoms with E-state index in [-0.39, 0.29) is 23.5 Å². The number of aromatic nitrogens is 2. The number of carbonyl (C=O) groups is 1. The Hall–Kier alpha value is -4.60. The smallest absolute Gasteiger partial charge is 0.281 e. The van der Waals surface area contributed by atoms with Gasteiger partial charge in [0.1, 0.15) is 30.0 Å². The molecule has 0 bridgehead atoms. The van der Waals surface area contributed by atoms with Crippen molar-refractivity contribution < 1.29 is 23.1 Å². The first kappa shape index (κ1) is 35.9. The second kappa shape index (κ2) is 16.6. The van der Waals surface area contributed by atoms with Gasteiger partial charge < -0.3 is 14.9 Å². The fourth-order valence-corrected chi connectivity index (χ4v) is 5.07. The van der Waals surface area contributed by atoms with Crippen molar-refractivity contribution in [2.75, 3.05) is 7.11 Å². The molecule has 1 aliphatic rings. The first-order chi connectivity index (χ1) is 22.0. The van der Waals surface area contributed by atoms with Crippen molar-refractivity contribution in [3.63, 3.8) is 0 Å². The molecule has 46 heavy (non-hydrogen) atoms. The molecule has 1 amide bonds. The zero-order valence-corrected chi connectivity index (χ0v) is 27.7. The number of nitrogens with one attached hydrogen (secondary N) is 1. The molecule has 0 spiro atoms. The second-order valence-electron chi connectivity index (χ2n) is 11.3. The lowest BCUT2D eigenvalue weighted by Gasteiger charge is -2.26. The van der Waals surface area contributed by atoms with Crippen LogP contribution in [0.1, 0.15) is 95.4 Å². The van der Waals surface area contributed by atoms with Gasteiger partial charge in [-0.15, -0.1) is 0 Å². The molecule has 10 heteroatoms. The van der Waals surface area contributed by atoms with Gasteiger partial charge in [0.2, 0.25) is 6.41 Å². The van der Waals surface area contributed by atoms with E-state index in [0.717, 1.165) is 23.1 Å². The Morgan fingerprint density at radius 1 is 1.15 bits per heavy atom. The summed E-state index contributed by atoms with van der Waals surface area (Å²) in [5.41, 5.74) is 1.92. The Morgan fingerprint density at radius 3 is 2.43 bits per heavy atom. The summed E-state index contributed by atoms with van der Waals surface area (Å²) >= 11 is 0. The molecule has 1 aliphatic carbocycles. The van der Waals surface area contributed by atoms with Crippen LogP contribution in [0.5, 0.6) is 0 Å². The number of hydrogen-bond donors (Lipinski definition) is 1. The molecule has 1 aromatic carbocycles. The van der Waals surface area contributed by atoms with Crippen LogP contribution in [0, 0.1) is 0 Å².